The van der Waals surface area contributed by atoms with Gasteiger partial charge in [0.2, 0.25) is 5.91 Å². The second-order valence-corrected chi connectivity index (χ2v) is 14.8. The summed E-state index contributed by atoms with van der Waals surface area (Å²) in [5, 5.41) is 7.16. The highest BCUT2D eigenvalue weighted by Gasteiger charge is 2.29. The van der Waals surface area contributed by atoms with Gasteiger partial charge in [0.05, 0.1) is 24.6 Å². The van der Waals surface area contributed by atoms with E-state index in [0.29, 0.717) is 39.1 Å². The maximum atomic E-state index is 13.1. The van der Waals surface area contributed by atoms with Crippen LogP contribution in [0.25, 0.3) is 0 Å². The van der Waals surface area contributed by atoms with Crippen molar-refractivity contribution >= 4 is 34.1 Å². The third kappa shape index (κ3) is 16.2. The number of rotatable bonds is 27. The summed E-state index contributed by atoms with van der Waals surface area (Å²) in [6.07, 6.45) is 21.4. The van der Waals surface area contributed by atoms with Crippen LogP contribution in [0.3, 0.4) is 0 Å². The van der Waals surface area contributed by atoms with Gasteiger partial charge in [0.25, 0.3) is 5.91 Å². The van der Waals surface area contributed by atoms with E-state index < -0.39 is 0 Å². The highest BCUT2D eigenvalue weighted by Crippen LogP contribution is 2.37. The summed E-state index contributed by atoms with van der Waals surface area (Å²) in [6.45, 7) is 7.72. The quantitative estimate of drug-likeness (QED) is 0.0717. The predicted molar refractivity (Wildman–Crippen MR) is 197 cm³/mol. The SMILES string of the molecule is CCCCCCCCC(CCCCCCCC)C(=O)OCCCCCC(=O)N1CCc2c(sc(NC)c2C(=O)NCCCN(C)C)C1. The molecule has 0 fully saturated rings. The van der Waals surface area contributed by atoms with E-state index in [1.165, 1.54) is 64.2 Å². The Kier molecular flexibility index (Phi) is 21.8. The van der Waals surface area contributed by atoms with Crippen LogP contribution in [0, 0.1) is 5.92 Å². The van der Waals surface area contributed by atoms with E-state index in [1.54, 1.807) is 11.3 Å². The van der Waals surface area contributed by atoms with Gasteiger partial charge < -0.3 is 25.2 Å². The number of ether oxygens (including phenoxy) is 1. The van der Waals surface area contributed by atoms with Crippen LogP contribution in [0.1, 0.15) is 157 Å². The smallest absolute Gasteiger partial charge is 0.308 e. The molecule has 2 heterocycles. The van der Waals surface area contributed by atoms with Crippen molar-refractivity contribution in [1.82, 2.24) is 15.1 Å². The first kappa shape index (κ1) is 41.0. The number of amides is 2. The number of hydrogen-bond donors (Lipinski definition) is 2. The lowest BCUT2D eigenvalue weighted by Crippen LogP contribution is -2.36. The van der Waals surface area contributed by atoms with Gasteiger partial charge in [-0.15, -0.1) is 11.3 Å². The number of fused-ring (bicyclic) bond motifs is 1. The molecule has 1 aliphatic rings. The molecule has 9 heteroatoms. The number of esters is 1. The molecular formula is C38H68N4O4S. The topological polar surface area (TPSA) is 91.0 Å². The number of unbranched alkanes of at least 4 members (excludes halogenated alkanes) is 12. The van der Waals surface area contributed by atoms with Crippen LogP contribution < -0.4 is 10.6 Å². The van der Waals surface area contributed by atoms with E-state index in [1.807, 2.05) is 26.0 Å². The molecule has 0 saturated heterocycles. The van der Waals surface area contributed by atoms with Crippen LogP contribution >= 0.6 is 11.3 Å². The Labute approximate surface area is 291 Å². The molecule has 1 aromatic heterocycles. The molecule has 0 radical (unpaired) electrons. The Morgan fingerprint density at radius 1 is 0.851 bits per heavy atom. The minimum atomic E-state index is -0.0257. The summed E-state index contributed by atoms with van der Waals surface area (Å²) >= 11 is 1.59. The first-order valence-electron chi connectivity index (χ1n) is 19.0. The molecule has 0 aromatic carbocycles. The van der Waals surface area contributed by atoms with Gasteiger partial charge in [0.15, 0.2) is 0 Å². The van der Waals surface area contributed by atoms with Gasteiger partial charge in [-0.3, -0.25) is 14.4 Å². The molecule has 270 valence electrons. The number of carbonyl (C=O) groups excluding carboxylic acids is 3. The number of nitrogens with one attached hydrogen (secondary N) is 2. The van der Waals surface area contributed by atoms with Gasteiger partial charge in [-0.2, -0.15) is 0 Å². The minimum Gasteiger partial charge on any atom is -0.465 e. The molecule has 2 amide bonds. The third-order valence-electron chi connectivity index (χ3n) is 9.36. The zero-order valence-corrected chi connectivity index (χ0v) is 31.5. The van der Waals surface area contributed by atoms with Crippen LogP contribution in [0.2, 0.25) is 0 Å². The maximum absolute atomic E-state index is 13.1. The zero-order chi connectivity index (χ0) is 34.3. The predicted octanol–water partition coefficient (Wildman–Crippen LogP) is 8.58. The van der Waals surface area contributed by atoms with Crippen molar-refractivity contribution in [2.24, 2.45) is 5.92 Å². The summed E-state index contributed by atoms with van der Waals surface area (Å²) in [5.74, 6) is 0.168. The highest BCUT2D eigenvalue weighted by atomic mass is 32.1. The van der Waals surface area contributed by atoms with Crippen molar-refractivity contribution < 1.29 is 19.1 Å². The fraction of sp³-hybridized carbons (Fsp3) is 0.816. The van der Waals surface area contributed by atoms with E-state index in [9.17, 15) is 14.4 Å². The van der Waals surface area contributed by atoms with E-state index in [-0.39, 0.29) is 23.7 Å². The zero-order valence-electron chi connectivity index (χ0n) is 30.7. The molecule has 0 unspecified atom stereocenters. The van der Waals surface area contributed by atoms with Crippen molar-refractivity contribution in [2.45, 2.75) is 149 Å². The van der Waals surface area contributed by atoms with Crippen molar-refractivity contribution in [3.63, 3.8) is 0 Å². The first-order chi connectivity index (χ1) is 22.8. The molecule has 0 aliphatic carbocycles. The second kappa shape index (κ2) is 24.9. The molecule has 47 heavy (non-hydrogen) atoms. The van der Waals surface area contributed by atoms with Gasteiger partial charge in [-0.25, -0.2) is 0 Å². The second-order valence-electron chi connectivity index (χ2n) is 13.7. The van der Waals surface area contributed by atoms with Crippen LogP contribution in [0.15, 0.2) is 0 Å². The number of carbonyl (C=O) groups is 3. The lowest BCUT2D eigenvalue weighted by Gasteiger charge is -2.27. The minimum absolute atomic E-state index is 0.00851. The Morgan fingerprint density at radius 2 is 1.47 bits per heavy atom. The standard InChI is InChI=1S/C38H68N4O4S/c1-6-8-10-12-14-17-22-31(23-18-15-13-11-9-7-2)38(45)46-29-20-16-19-24-34(43)42-28-25-32-33(30-42)47-37(39-3)35(32)36(44)40-26-21-27-41(4)5/h31,39H,6-30H2,1-5H3,(H,40,44). The Morgan fingerprint density at radius 3 is 2.09 bits per heavy atom. The number of anilines is 1. The average molecular weight is 677 g/mol. The molecule has 0 spiro atoms. The van der Waals surface area contributed by atoms with Crippen LogP contribution in [0.4, 0.5) is 5.00 Å². The normalized spacial score (nSPS) is 12.9. The van der Waals surface area contributed by atoms with Crippen molar-refractivity contribution in [1.29, 1.82) is 0 Å². The lowest BCUT2D eigenvalue weighted by molar-refractivity contribution is -0.149. The molecule has 0 atom stereocenters. The molecule has 2 rings (SSSR count). The van der Waals surface area contributed by atoms with Crippen molar-refractivity contribution in [3.05, 3.63) is 16.0 Å². The maximum Gasteiger partial charge on any atom is 0.308 e. The third-order valence-corrected chi connectivity index (χ3v) is 10.6. The lowest BCUT2D eigenvalue weighted by atomic mass is 9.94. The van der Waals surface area contributed by atoms with Gasteiger partial charge >= 0.3 is 5.97 Å². The molecule has 0 saturated carbocycles. The Balaban J connectivity index is 1.72. The summed E-state index contributed by atoms with van der Waals surface area (Å²) in [5.41, 5.74) is 1.84. The van der Waals surface area contributed by atoms with Crippen LogP contribution in [0.5, 0.6) is 0 Å². The largest absolute Gasteiger partial charge is 0.465 e. The molecular weight excluding hydrogens is 609 g/mol. The van der Waals surface area contributed by atoms with Gasteiger partial charge in [-0.05, 0) is 71.1 Å². The van der Waals surface area contributed by atoms with Crippen molar-refractivity contribution in [3.8, 4) is 0 Å². The summed E-state index contributed by atoms with van der Waals surface area (Å²) in [4.78, 5) is 44.3. The average Bonchev–Trinajstić information content (AvgIpc) is 3.44. The fourth-order valence-corrected chi connectivity index (χ4v) is 7.66. The molecule has 2 N–H and O–H groups in total. The number of nitrogens with zero attached hydrogens (tertiary/aromatic N) is 2. The molecule has 1 aromatic rings. The fourth-order valence-electron chi connectivity index (χ4n) is 6.44. The van der Waals surface area contributed by atoms with Crippen LogP contribution in [-0.4, -0.2) is 75.0 Å². The highest BCUT2D eigenvalue weighted by molar-refractivity contribution is 7.16. The summed E-state index contributed by atoms with van der Waals surface area (Å²) in [6, 6.07) is 0. The monoisotopic (exact) mass is 676 g/mol. The Bertz CT molecular complexity index is 1010. The van der Waals surface area contributed by atoms with E-state index in [4.69, 9.17) is 4.74 Å². The van der Waals surface area contributed by atoms with E-state index in [2.05, 4.69) is 29.4 Å². The molecule has 0 bridgehead atoms. The van der Waals surface area contributed by atoms with E-state index in [0.717, 1.165) is 78.9 Å². The van der Waals surface area contributed by atoms with Gasteiger partial charge in [0.1, 0.15) is 5.00 Å². The van der Waals surface area contributed by atoms with Gasteiger partial charge in [-0.1, -0.05) is 90.9 Å². The number of thiophene rings is 1. The Hall–Kier alpha value is -2.13. The molecule has 1 aliphatic heterocycles. The van der Waals surface area contributed by atoms with Crippen molar-refractivity contribution in [2.75, 3.05) is 52.7 Å². The van der Waals surface area contributed by atoms with Crippen LogP contribution in [-0.2, 0) is 27.3 Å². The summed E-state index contributed by atoms with van der Waals surface area (Å²) in [7, 11) is 5.92. The van der Waals surface area contributed by atoms with E-state index >= 15 is 0 Å². The number of hydrogen-bond acceptors (Lipinski definition) is 7. The molecule has 8 nitrogen and oxygen atoms in total. The first-order valence-corrected chi connectivity index (χ1v) is 19.8. The van der Waals surface area contributed by atoms with Gasteiger partial charge in [0, 0.05) is 31.4 Å². The summed E-state index contributed by atoms with van der Waals surface area (Å²) < 4.78 is 5.77.